The first-order valence-electron chi connectivity index (χ1n) is 9.50. The summed E-state index contributed by atoms with van der Waals surface area (Å²) in [5.74, 6) is -0.573. The van der Waals surface area contributed by atoms with E-state index >= 15 is 0 Å². The molecule has 1 fully saturated rings. The Balaban J connectivity index is 1.57. The van der Waals surface area contributed by atoms with Crippen LogP contribution in [0.1, 0.15) is 43.9 Å². The minimum atomic E-state index is -0.241. The Morgan fingerprint density at radius 2 is 1.59 bits per heavy atom. The van der Waals surface area contributed by atoms with E-state index < -0.39 is 0 Å². The summed E-state index contributed by atoms with van der Waals surface area (Å²) in [5, 5.41) is 5.99. The summed E-state index contributed by atoms with van der Waals surface area (Å²) in [4.78, 5) is 25.0. The Hall–Kier alpha value is -2.62. The molecule has 0 bridgehead atoms. The number of benzene rings is 2. The summed E-state index contributed by atoms with van der Waals surface area (Å²) in [6.07, 6.45) is 0.614. The van der Waals surface area contributed by atoms with Gasteiger partial charge >= 0.3 is 0 Å². The fourth-order valence-electron chi connectivity index (χ4n) is 3.37. The van der Waals surface area contributed by atoms with E-state index in [1.165, 1.54) is 0 Å². The first kappa shape index (κ1) is 19.2. The number of nitrogens with one attached hydrogen (secondary N) is 2. The van der Waals surface area contributed by atoms with Crippen molar-refractivity contribution >= 4 is 17.5 Å². The van der Waals surface area contributed by atoms with E-state index in [2.05, 4.69) is 31.4 Å². The van der Waals surface area contributed by atoms with Crippen LogP contribution in [0.15, 0.2) is 48.5 Å². The van der Waals surface area contributed by atoms with Gasteiger partial charge in [0.1, 0.15) is 0 Å². The molecule has 0 aromatic heterocycles. The molecule has 1 aliphatic rings. The van der Waals surface area contributed by atoms with Gasteiger partial charge in [-0.25, -0.2) is 0 Å². The maximum atomic E-state index is 12.6. The van der Waals surface area contributed by atoms with Crippen LogP contribution in [0.25, 0.3) is 0 Å². The zero-order valence-corrected chi connectivity index (χ0v) is 16.5. The van der Waals surface area contributed by atoms with Crippen molar-refractivity contribution in [2.45, 2.75) is 46.1 Å². The molecule has 2 atom stereocenters. The molecule has 1 saturated carbocycles. The summed E-state index contributed by atoms with van der Waals surface area (Å²) in [6.45, 7) is 8.90. The van der Waals surface area contributed by atoms with E-state index in [0.29, 0.717) is 13.0 Å². The summed E-state index contributed by atoms with van der Waals surface area (Å²) >= 11 is 0. The molecular formula is C23H28N2O2. The molecule has 0 spiro atoms. The van der Waals surface area contributed by atoms with E-state index in [0.717, 1.165) is 22.4 Å². The number of carbonyl (C=O) groups is 2. The molecule has 2 N–H and O–H groups in total. The van der Waals surface area contributed by atoms with Gasteiger partial charge in [-0.2, -0.15) is 0 Å². The van der Waals surface area contributed by atoms with Crippen LogP contribution in [0.4, 0.5) is 5.69 Å². The van der Waals surface area contributed by atoms with E-state index in [9.17, 15) is 9.59 Å². The van der Waals surface area contributed by atoms with Crippen molar-refractivity contribution in [1.29, 1.82) is 0 Å². The third-order valence-corrected chi connectivity index (χ3v) is 5.17. The molecule has 142 valence electrons. The third kappa shape index (κ3) is 4.57. The quantitative estimate of drug-likeness (QED) is 0.836. The second kappa shape index (κ2) is 7.55. The van der Waals surface area contributed by atoms with Gasteiger partial charge in [0.25, 0.3) is 0 Å². The highest BCUT2D eigenvalue weighted by Gasteiger charge is 2.48. The molecule has 0 saturated heterocycles. The Labute approximate surface area is 161 Å². The third-order valence-electron chi connectivity index (χ3n) is 5.17. The molecule has 1 aliphatic carbocycles. The number of aryl methyl sites for hydroxylation is 1. The first-order chi connectivity index (χ1) is 12.8. The van der Waals surface area contributed by atoms with Gasteiger partial charge < -0.3 is 10.6 Å². The van der Waals surface area contributed by atoms with Crippen LogP contribution in [0.5, 0.6) is 0 Å². The molecule has 4 heteroatoms. The van der Waals surface area contributed by atoms with Gasteiger partial charge in [-0.05, 0) is 41.5 Å². The van der Waals surface area contributed by atoms with E-state index in [1.807, 2.05) is 55.5 Å². The lowest BCUT2D eigenvalue weighted by Crippen LogP contribution is -2.27. The number of amides is 2. The molecule has 0 heterocycles. The molecule has 2 unspecified atom stereocenters. The van der Waals surface area contributed by atoms with E-state index in [1.54, 1.807) is 0 Å². The number of carbonyl (C=O) groups excluding carboxylic acids is 2. The molecule has 3 rings (SSSR count). The molecule has 2 aromatic carbocycles. The van der Waals surface area contributed by atoms with Gasteiger partial charge in [0.05, 0.1) is 11.8 Å². The lowest BCUT2D eigenvalue weighted by molar-refractivity contribution is -0.125. The lowest BCUT2D eigenvalue weighted by Gasteiger charge is -2.23. The van der Waals surface area contributed by atoms with E-state index in [4.69, 9.17) is 0 Å². The highest BCUT2D eigenvalue weighted by atomic mass is 16.2. The standard InChI is InChI=1S/C23H28N2O2/c1-15-9-5-6-10-16(15)14-24-21(26)17-13-18(17)22(27)25-20-12-8-7-11-19(20)23(2,3)4/h5-12,17-18H,13-14H2,1-4H3,(H,24,26)(H,25,27). The summed E-state index contributed by atoms with van der Waals surface area (Å²) in [7, 11) is 0. The van der Waals surface area contributed by atoms with Crippen molar-refractivity contribution in [2.75, 3.05) is 5.32 Å². The summed E-state index contributed by atoms with van der Waals surface area (Å²) in [5.41, 5.74) is 4.13. The molecule has 0 aliphatic heterocycles. The highest BCUT2D eigenvalue weighted by Crippen LogP contribution is 2.40. The smallest absolute Gasteiger partial charge is 0.228 e. The van der Waals surface area contributed by atoms with Gasteiger partial charge in [-0.1, -0.05) is 63.2 Å². The number of hydrogen-bond acceptors (Lipinski definition) is 2. The van der Waals surface area contributed by atoms with Crippen LogP contribution in [0.3, 0.4) is 0 Å². The van der Waals surface area contributed by atoms with Crippen molar-refractivity contribution in [3.05, 3.63) is 65.2 Å². The predicted molar refractivity (Wildman–Crippen MR) is 108 cm³/mol. The molecule has 4 nitrogen and oxygen atoms in total. The van der Waals surface area contributed by atoms with Crippen LogP contribution in [0.2, 0.25) is 0 Å². The normalized spacial score (nSPS) is 18.7. The second-order valence-corrected chi connectivity index (χ2v) is 8.38. The minimum Gasteiger partial charge on any atom is -0.352 e. The Kier molecular flexibility index (Phi) is 5.36. The molecule has 0 radical (unpaired) electrons. The number of hydrogen-bond donors (Lipinski definition) is 2. The average Bonchev–Trinajstić information content (AvgIpc) is 3.41. The molecule has 2 aromatic rings. The number of anilines is 1. The van der Waals surface area contributed by atoms with Gasteiger partial charge in [0.15, 0.2) is 0 Å². The predicted octanol–water partition coefficient (Wildman–Crippen LogP) is 4.18. The van der Waals surface area contributed by atoms with Gasteiger partial charge in [-0.15, -0.1) is 0 Å². The second-order valence-electron chi connectivity index (χ2n) is 8.38. The Bertz CT molecular complexity index is 851. The number of para-hydroxylation sites is 1. The molecule has 2 amide bonds. The van der Waals surface area contributed by atoms with Crippen LogP contribution >= 0.6 is 0 Å². The van der Waals surface area contributed by atoms with Crippen LogP contribution in [-0.4, -0.2) is 11.8 Å². The largest absolute Gasteiger partial charge is 0.352 e. The van der Waals surface area contributed by atoms with Gasteiger partial charge in [0.2, 0.25) is 11.8 Å². The average molecular weight is 364 g/mol. The van der Waals surface area contributed by atoms with Crippen molar-refractivity contribution in [3.63, 3.8) is 0 Å². The minimum absolute atomic E-state index is 0.0393. The van der Waals surface area contributed by atoms with Crippen molar-refractivity contribution in [1.82, 2.24) is 5.32 Å². The molecular weight excluding hydrogens is 336 g/mol. The van der Waals surface area contributed by atoms with Crippen molar-refractivity contribution in [3.8, 4) is 0 Å². The highest BCUT2D eigenvalue weighted by molar-refractivity contribution is 6.00. The lowest BCUT2D eigenvalue weighted by atomic mass is 9.86. The maximum Gasteiger partial charge on any atom is 0.228 e. The SMILES string of the molecule is Cc1ccccc1CNC(=O)C1CC1C(=O)Nc1ccccc1C(C)(C)C. The molecule has 27 heavy (non-hydrogen) atoms. The fourth-order valence-corrected chi connectivity index (χ4v) is 3.37. The van der Waals surface area contributed by atoms with Crippen molar-refractivity contribution in [2.24, 2.45) is 11.8 Å². The van der Waals surface area contributed by atoms with Crippen LogP contribution in [-0.2, 0) is 21.5 Å². The topological polar surface area (TPSA) is 58.2 Å². The first-order valence-corrected chi connectivity index (χ1v) is 9.50. The Morgan fingerprint density at radius 3 is 2.30 bits per heavy atom. The van der Waals surface area contributed by atoms with Crippen LogP contribution in [0, 0.1) is 18.8 Å². The number of rotatable bonds is 5. The van der Waals surface area contributed by atoms with Gasteiger partial charge in [-0.3, -0.25) is 9.59 Å². The Morgan fingerprint density at radius 1 is 0.963 bits per heavy atom. The van der Waals surface area contributed by atoms with Gasteiger partial charge in [0, 0.05) is 12.2 Å². The summed E-state index contributed by atoms with van der Waals surface area (Å²) < 4.78 is 0. The fraction of sp³-hybridized carbons (Fsp3) is 0.391. The van der Waals surface area contributed by atoms with Crippen LogP contribution < -0.4 is 10.6 Å². The maximum absolute atomic E-state index is 12.6. The monoisotopic (exact) mass is 364 g/mol. The van der Waals surface area contributed by atoms with Crippen molar-refractivity contribution < 1.29 is 9.59 Å². The zero-order valence-electron chi connectivity index (χ0n) is 16.5. The zero-order chi connectivity index (χ0) is 19.6. The summed E-state index contributed by atoms with van der Waals surface area (Å²) in [6, 6.07) is 15.9. The van der Waals surface area contributed by atoms with E-state index in [-0.39, 0.29) is 29.1 Å².